The van der Waals surface area contributed by atoms with Crippen molar-refractivity contribution in [3.8, 4) is 0 Å². The normalized spacial score (nSPS) is 12.2. The largest absolute Gasteiger partial charge is 0.357 e. The molecule has 0 aliphatic carbocycles. The molecule has 0 rings (SSSR count). The fraction of sp³-hybridized carbons (Fsp3) is 0.867. The molecule has 0 heterocycles. The monoisotopic (exact) mass is 284 g/mol. The van der Waals surface area contributed by atoms with Crippen LogP contribution < -0.4 is 10.6 Å². The van der Waals surface area contributed by atoms with Crippen LogP contribution in [-0.4, -0.2) is 50.0 Å². The maximum Gasteiger partial charge on any atom is 0.225 e. The Labute approximate surface area is 124 Å². The third-order valence-corrected chi connectivity index (χ3v) is 2.88. The zero-order valence-corrected chi connectivity index (χ0v) is 14.0. The van der Waals surface area contributed by atoms with Crippen LogP contribution >= 0.6 is 0 Å². The Hall–Kier alpha value is -1.26. The number of hydrogen-bond donors (Lipinski definition) is 2. The van der Waals surface area contributed by atoms with E-state index in [0.717, 1.165) is 25.5 Å². The molecule has 0 saturated carbocycles. The number of guanidine groups is 1. The summed E-state index contributed by atoms with van der Waals surface area (Å²) in [6.07, 6.45) is 2.33. The zero-order chi connectivity index (χ0) is 15.6. The minimum Gasteiger partial charge on any atom is -0.357 e. The Morgan fingerprint density at radius 3 is 2.35 bits per heavy atom. The van der Waals surface area contributed by atoms with Gasteiger partial charge < -0.3 is 15.5 Å². The first-order valence-electron chi connectivity index (χ1n) is 7.60. The Morgan fingerprint density at radius 2 is 1.85 bits per heavy atom. The average molecular weight is 284 g/mol. The molecule has 0 atom stereocenters. The molecule has 0 bridgehead atoms. The van der Waals surface area contributed by atoms with Crippen molar-refractivity contribution in [2.75, 3.05) is 33.2 Å². The molecule has 0 saturated heterocycles. The first-order valence-corrected chi connectivity index (χ1v) is 7.60. The molecule has 2 N–H and O–H groups in total. The Balaban J connectivity index is 4.24. The molecule has 5 heteroatoms. The van der Waals surface area contributed by atoms with Gasteiger partial charge in [-0.2, -0.15) is 0 Å². The molecular weight excluding hydrogens is 252 g/mol. The fourth-order valence-corrected chi connectivity index (χ4v) is 1.57. The third-order valence-electron chi connectivity index (χ3n) is 2.88. The molecule has 118 valence electrons. The first kappa shape index (κ1) is 18.7. The van der Waals surface area contributed by atoms with E-state index in [1.807, 2.05) is 27.8 Å². The minimum absolute atomic E-state index is 0.0667. The highest BCUT2D eigenvalue weighted by atomic mass is 16.2. The van der Waals surface area contributed by atoms with Crippen molar-refractivity contribution in [1.29, 1.82) is 0 Å². The summed E-state index contributed by atoms with van der Waals surface area (Å²) in [5.74, 6) is 0.975. The molecule has 0 aromatic heterocycles. The van der Waals surface area contributed by atoms with Crippen LogP contribution in [-0.2, 0) is 4.79 Å². The van der Waals surface area contributed by atoms with E-state index < -0.39 is 0 Å². The van der Waals surface area contributed by atoms with Gasteiger partial charge >= 0.3 is 0 Å². The lowest BCUT2D eigenvalue weighted by molar-refractivity contribution is -0.128. The van der Waals surface area contributed by atoms with Gasteiger partial charge in [0.25, 0.3) is 0 Å². The zero-order valence-electron chi connectivity index (χ0n) is 14.0. The summed E-state index contributed by atoms with van der Waals surface area (Å²) >= 11 is 0. The lowest BCUT2D eigenvalue weighted by atomic mass is 9.96. The van der Waals surface area contributed by atoms with Crippen LogP contribution in [0.4, 0.5) is 0 Å². The lowest BCUT2D eigenvalue weighted by Crippen LogP contribution is -2.40. The van der Waals surface area contributed by atoms with Crippen LogP contribution in [0.5, 0.6) is 0 Å². The summed E-state index contributed by atoms with van der Waals surface area (Å²) in [6, 6.07) is 0. The maximum atomic E-state index is 11.7. The van der Waals surface area contributed by atoms with Crippen LogP contribution in [0.1, 0.15) is 47.5 Å². The van der Waals surface area contributed by atoms with Crippen molar-refractivity contribution in [2.45, 2.75) is 47.5 Å². The number of carbonyl (C=O) groups excluding carboxylic acids is 1. The first-order chi connectivity index (χ1) is 9.32. The summed E-state index contributed by atoms with van der Waals surface area (Å²) in [7, 11) is 2.05. The predicted molar refractivity (Wildman–Crippen MR) is 86.0 cm³/mol. The third kappa shape index (κ3) is 8.02. The second-order valence-corrected chi connectivity index (χ2v) is 6.02. The van der Waals surface area contributed by atoms with Crippen LogP contribution in [0.2, 0.25) is 0 Å². The summed E-state index contributed by atoms with van der Waals surface area (Å²) in [6.45, 7) is 13.0. The van der Waals surface area contributed by atoms with Gasteiger partial charge in [-0.15, -0.1) is 0 Å². The van der Waals surface area contributed by atoms with E-state index >= 15 is 0 Å². The number of nitrogens with one attached hydrogen (secondary N) is 2. The second-order valence-electron chi connectivity index (χ2n) is 6.02. The van der Waals surface area contributed by atoms with Crippen molar-refractivity contribution in [3.63, 3.8) is 0 Å². The molecule has 0 aliphatic heterocycles. The smallest absolute Gasteiger partial charge is 0.225 e. The number of rotatable bonds is 7. The van der Waals surface area contributed by atoms with Crippen LogP contribution in [0.3, 0.4) is 0 Å². The number of amides is 1. The highest BCUT2D eigenvalue weighted by Gasteiger charge is 2.20. The molecule has 1 amide bonds. The molecule has 0 spiro atoms. The quantitative estimate of drug-likeness (QED) is 0.426. The van der Waals surface area contributed by atoms with Crippen LogP contribution in [0, 0.1) is 5.41 Å². The van der Waals surface area contributed by atoms with Gasteiger partial charge in [-0.3, -0.25) is 9.79 Å². The van der Waals surface area contributed by atoms with Gasteiger partial charge in [0, 0.05) is 32.1 Å². The van der Waals surface area contributed by atoms with Gasteiger partial charge in [-0.1, -0.05) is 34.1 Å². The Bertz CT molecular complexity index is 307. The topological polar surface area (TPSA) is 56.7 Å². The van der Waals surface area contributed by atoms with Crippen LogP contribution in [0.25, 0.3) is 0 Å². The van der Waals surface area contributed by atoms with Gasteiger partial charge in [-0.25, -0.2) is 0 Å². The molecule has 0 radical (unpaired) electrons. The van der Waals surface area contributed by atoms with E-state index in [0.29, 0.717) is 13.1 Å². The Morgan fingerprint density at radius 1 is 1.20 bits per heavy atom. The van der Waals surface area contributed by atoms with Gasteiger partial charge in [-0.05, 0) is 13.3 Å². The minimum atomic E-state index is -0.341. The molecule has 0 unspecified atom stereocenters. The van der Waals surface area contributed by atoms with Crippen molar-refractivity contribution in [2.24, 2.45) is 10.4 Å². The lowest BCUT2D eigenvalue weighted by Gasteiger charge is -2.22. The summed E-state index contributed by atoms with van der Waals surface area (Å²) in [4.78, 5) is 18.4. The van der Waals surface area contributed by atoms with Gasteiger partial charge in [0.1, 0.15) is 0 Å². The number of nitrogens with zero attached hydrogens (tertiary/aromatic N) is 2. The Kier molecular flexibility index (Phi) is 9.01. The van der Waals surface area contributed by atoms with E-state index in [-0.39, 0.29) is 11.3 Å². The highest BCUT2D eigenvalue weighted by Crippen LogP contribution is 2.11. The van der Waals surface area contributed by atoms with Gasteiger partial charge in [0.15, 0.2) is 5.96 Å². The van der Waals surface area contributed by atoms with Crippen molar-refractivity contribution in [1.82, 2.24) is 15.5 Å². The van der Waals surface area contributed by atoms with Crippen molar-refractivity contribution >= 4 is 11.9 Å². The van der Waals surface area contributed by atoms with E-state index in [2.05, 4.69) is 34.4 Å². The van der Waals surface area contributed by atoms with Crippen molar-refractivity contribution < 1.29 is 4.79 Å². The number of hydrogen-bond acceptors (Lipinski definition) is 2. The van der Waals surface area contributed by atoms with Crippen LogP contribution in [0.15, 0.2) is 4.99 Å². The number of carbonyl (C=O) groups is 1. The molecule has 20 heavy (non-hydrogen) atoms. The molecule has 0 aromatic rings. The van der Waals surface area contributed by atoms with E-state index in [9.17, 15) is 4.79 Å². The molecule has 0 aromatic carbocycles. The SMILES string of the molecule is CCCCN(C)C(=NCCNC(=O)C(C)(C)C)NCC. The van der Waals surface area contributed by atoms with Gasteiger partial charge in [0.2, 0.25) is 5.91 Å². The fourth-order valence-electron chi connectivity index (χ4n) is 1.57. The highest BCUT2D eigenvalue weighted by molar-refractivity contribution is 5.81. The van der Waals surface area contributed by atoms with E-state index in [1.165, 1.54) is 6.42 Å². The second kappa shape index (κ2) is 9.61. The number of unbranched alkanes of at least 4 members (excludes halogenated alkanes) is 1. The molecule has 5 nitrogen and oxygen atoms in total. The molecule has 0 fully saturated rings. The molecular formula is C15H32N4O. The summed E-state index contributed by atoms with van der Waals surface area (Å²) in [5, 5.41) is 6.18. The number of aliphatic imine (C=N–C) groups is 1. The predicted octanol–water partition coefficient (Wildman–Crippen LogP) is 1.85. The standard InChI is InChI=1S/C15H32N4O/c1-7-9-12-19(6)14(16-8-2)18-11-10-17-13(20)15(3,4)5/h7-12H2,1-6H3,(H,16,18)(H,17,20). The summed E-state index contributed by atoms with van der Waals surface area (Å²) in [5.41, 5.74) is -0.341. The molecule has 0 aliphatic rings. The average Bonchev–Trinajstić information content (AvgIpc) is 2.38. The van der Waals surface area contributed by atoms with E-state index in [1.54, 1.807) is 0 Å². The van der Waals surface area contributed by atoms with Gasteiger partial charge in [0.05, 0.1) is 6.54 Å². The summed E-state index contributed by atoms with van der Waals surface area (Å²) < 4.78 is 0. The van der Waals surface area contributed by atoms with E-state index in [4.69, 9.17) is 0 Å². The maximum absolute atomic E-state index is 11.7. The van der Waals surface area contributed by atoms with Crippen molar-refractivity contribution in [3.05, 3.63) is 0 Å².